The molecule has 0 bridgehead atoms. The first-order valence-electron chi connectivity index (χ1n) is 7.05. The van der Waals surface area contributed by atoms with E-state index in [0.717, 1.165) is 25.7 Å². The van der Waals surface area contributed by atoms with Gasteiger partial charge < -0.3 is 10.5 Å². The van der Waals surface area contributed by atoms with Gasteiger partial charge in [0.25, 0.3) is 0 Å². The van der Waals surface area contributed by atoms with E-state index in [2.05, 4.69) is 5.32 Å². The Hall–Kier alpha value is -0.820. The van der Waals surface area contributed by atoms with Crippen LogP contribution in [0.15, 0.2) is 0 Å². The maximum atomic E-state index is 12.0. The molecule has 4 nitrogen and oxygen atoms in total. The Labute approximate surface area is 116 Å². The number of carbonyl (C=O) groups is 1. The second kappa shape index (κ2) is 5.89. The Kier molecular flexibility index (Phi) is 4.59. The predicted octanol–water partition coefficient (Wildman–Crippen LogP) is 1.73. The van der Waals surface area contributed by atoms with Crippen molar-refractivity contribution in [3.63, 3.8) is 0 Å². The Morgan fingerprint density at radius 3 is 2.35 bits per heavy atom. The lowest BCUT2D eigenvalue weighted by atomic mass is 9.93. The molecule has 2 aliphatic carbocycles. The average molecular weight is 294 g/mol. The van der Waals surface area contributed by atoms with E-state index in [1.54, 1.807) is 0 Å². The molecule has 2 fully saturated rings. The SMILES string of the molecule is NC(=O)C(COCCCC(F)(F)F)(NC1CC1)C1CC1. The normalized spacial score (nSPS) is 22.6. The molecule has 20 heavy (non-hydrogen) atoms. The van der Waals surface area contributed by atoms with E-state index in [-0.39, 0.29) is 25.6 Å². The smallest absolute Gasteiger partial charge is 0.379 e. The molecule has 0 heterocycles. The topological polar surface area (TPSA) is 64.4 Å². The lowest BCUT2D eigenvalue weighted by Gasteiger charge is -2.32. The number of rotatable bonds is 9. The van der Waals surface area contributed by atoms with Crippen LogP contribution in [0.25, 0.3) is 0 Å². The van der Waals surface area contributed by atoms with Gasteiger partial charge in [-0.2, -0.15) is 13.2 Å². The maximum absolute atomic E-state index is 12.0. The molecule has 0 aliphatic heterocycles. The third-order valence-corrected chi connectivity index (χ3v) is 3.83. The lowest BCUT2D eigenvalue weighted by Crippen LogP contribution is -2.61. The summed E-state index contributed by atoms with van der Waals surface area (Å²) in [6.07, 6.45) is -1.27. The molecular formula is C13H21F3N2O2. The number of amides is 1. The van der Waals surface area contributed by atoms with Crippen molar-refractivity contribution in [1.29, 1.82) is 0 Å². The van der Waals surface area contributed by atoms with Crippen LogP contribution in [0.3, 0.4) is 0 Å². The number of alkyl halides is 3. The summed E-state index contributed by atoms with van der Waals surface area (Å²) in [4.78, 5) is 11.8. The highest BCUT2D eigenvalue weighted by molar-refractivity contribution is 5.86. The Morgan fingerprint density at radius 2 is 1.90 bits per heavy atom. The fraction of sp³-hybridized carbons (Fsp3) is 0.923. The molecule has 0 aromatic heterocycles. The standard InChI is InChI=1S/C13H21F3N2O2/c14-13(15,16)6-1-7-20-8-12(11(17)19,9-2-3-9)18-10-4-5-10/h9-10,18H,1-8H2,(H2,17,19). The third-order valence-electron chi connectivity index (χ3n) is 3.83. The highest BCUT2D eigenvalue weighted by Crippen LogP contribution is 2.41. The van der Waals surface area contributed by atoms with Crippen LogP contribution < -0.4 is 11.1 Å². The summed E-state index contributed by atoms with van der Waals surface area (Å²) in [5.74, 6) is -0.300. The van der Waals surface area contributed by atoms with E-state index >= 15 is 0 Å². The Bertz CT molecular complexity index is 354. The molecular weight excluding hydrogens is 273 g/mol. The zero-order valence-electron chi connectivity index (χ0n) is 11.3. The first-order valence-corrected chi connectivity index (χ1v) is 7.05. The van der Waals surface area contributed by atoms with Crippen molar-refractivity contribution >= 4 is 5.91 Å². The molecule has 1 amide bonds. The average Bonchev–Trinajstić information content (AvgIpc) is 3.18. The predicted molar refractivity (Wildman–Crippen MR) is 66.9 cm³/mol. The zero-order valence-corrected chi connectivity index (χ0v) is 11.3. The minimum atomic E-state index is -4.16. The molecule has 3 N–H and O–H groups in total. The number of nitrogens with two attached hydrogens (primary N) is 1. The van der Waals surface area contributed by atoms with E-state index in [4.69, 9.17) is 10.5 Å². The molecule has 2 aliphatic rings. The number of hydrogen-bond acceptors (Lipinski definition) is 3. The fourth-order valence-electron chi connectivity index (χ4n) is 2.40. The molecule has 0 spiro atoms. The van der Waals surface area contributed by atoms with Crippen LogP contribution in [-0.2, 0) is 9.53 Å². The first kappa shape index (κ1) is 15.6. The van der Waals surface area contributed by atoms with Crippen molar-refractivity contribution < 1.29 is 22.7 Å². The van der Waals surface area contributed by atoms with Crippen LogP contribution in [0.5, 0.6) is 0 Å². The quantitative estimate of drug-likeness (QED) is 0.637. The van der Waals surface area contributed by atoms with Gasteiger partial charge in [-0.05, 0) is 38.0 Å². The van der Waals surface area contributed by atoms with E-state index in [9.17, 15) is 18.0 Å². The third kappa shape index (κ3) is 4.34. The van der Waals surface area contributed by atoms with E-state index in [1.165, 1.54) is 0 Å². The molecule has 7 heteroatoms. The van der Waals surface area contributed by atoms with Crippen LogP contribution in [0.2, 0.25) is 0 Å². The number of halogens is 3. The largest absolute Gasteiger partial charge is 0.389 e. The Balaban J connectivity index is 1.80. The molecule has 0 saturated heterocycles. The van der Waals surface area contributed by atoms with Gasteiger partial charge in [0.2, 0.25) is 5.91 Å². The van der Waals surface area contributed by atoms with Crippen molar-refractivity contribution in [3.05, 3.63) is 0 Å². The molecule has 1 unspecified atom stereocenters. The molecule has 2 saturated carbocycles. The van der Waals surface area contributed by atoms with Gasteiger partial charge in [-0.1, -0.05) is 0 Å². The van der Waals surface area contributed by atoms with Gasteiger partial charge in [0.15, 0.2) is 0 Å². The molecule has 0 aromatic rings. The summed E-state index contributed by atoms with van der Waals surface area (Å²) in [6, 6.07) is 0.293. The fourth-order valence-corrected chi connectivity index (χ4v) is 2.40. The number of hydrogen-bond donors (Lipinski definition) is 2. The number of ether oxygens (including phenoxy) is 1. The number of carbonyl (C=O) groups excluding carboxylic acids is 1. The minimum absolute atomic E-state index is 0.00634. The monoisotopic (exact) mass is 294 g/mol. The molecule has 1 atom stereocenters. The lowest BCUT2D eigenvalue weighted by molar-refractivity contribution is -0.140. The van der Waals surface area contributed by atoms with Crippen LogP contribution in [-0.4, -0.2) is 36.9 Å². The van der Waals surface area contributed by atoms with Gasteiger partial charge in [0.05, 0.1) is 6.61 Å². The van der Waals surface area contributed by atoms with Crippen molar-refractivity contribution in [1.82, 2.24) is 5.32 Å². The van der Waals surface area contributed by atoms with Crippen LogP contribution >= 0.6 is 0 Å². The molecule has 116 valence electrons. The number of nitrogens with one attached hydrogen (secondary N) is 1. The molecule has 0 aromatic carbocycles. The molecule has 2 rings (SSSR count). The summed E-state index contributed by atoms with van der Waals surface area (Å²) >= 11 is 0. The second-order valence-corrected chi connectivity index (χ2v) is 5.80. The first-order chi connectivity index (χ1) is 9.33. The van der Waals surface area contributed by atoms with Gasteiger partial charge in [-0.25, -0.2) is 0 Å². The van der Waals surface area contributed by atoms with Crippen molar-refractivity contribution in [3.8, 4) is 0 Å². The summed E-state index contributed by atoms with van der Waals surface area (Å²) < 4.78 is 41.4. The Morgan fingerprint density at radius 1 is 1.25 bits per heavy atom. The number of primary amides is 1. The van der Waals surface area contributed by atoms with Crippen LogP contribution in [0.1, 0.15) is 38.5 Å². The maximum Gasteiger partial charge on any atom is 0.389 e. The van der Waals surface area contributed by atoms with Crippen LogP contribution in [0.4, 0.5) is 13.2 Å². The van der Waals surface area contributed by atoms with Gasteiger partial charge in [-0.3, -0.25) is 10.1 Å². The van der Waals surface area contributed by atoms with Crippen molar-refractivity contribution in [2.24, 2.45) is 11.7 Å². The van der Waals surface area contributed by atoms with Gasteiger partial charge in [0, 0.05) is 19.1 Å². The minimum Gasteiger partial charge on any atom is -0.379 e. The highest BCUT2D eigenvalue weighted by Gasteiger charge is 2.52. The van der Waals surface area contributed by atoms with Gasteiger partial charge >= 0.3 is 6.18 Å². The second-order valence-electron chi connectivity index (χ2n) is 5.80. The molecule has 0 radical (unpaired) electrons. The van der Waals surface area contributed by atoms with E-state index in [1.807, 2.05) is 0 Å². The van der Waals surface area contributed by atoms with Crippen molar-refractivity contribution in [2.75, 3.05) is 13.2 Å². The van der Waals surface area contributed by atoms with Gasteiger partial charge in [0.1, 0.15) is 5.54 Å². The van der Waals surface area contributed by atoms with Crippen LogP contribution in [0, 0.1) is 5.92 Å². The summed E-state index contributed by atoms with van der Waals surface area (Å²) in [5, 5.41) is 3.25. The summed E-state index contributed by atoms with van der Waals surface area (Å²) in [6.45, 7) is 0.0644. The van der Waals surface area contributed by atoms with Gasteiger partial charge in [-0.15, -0.1) is 0 Å². The van der Waals surface area contributed by atoms with E-state index in [0.29, 0.717) is 6.04 Å². The van der Waals surface area contributed by atoms with E-state index < -0.39 is 24.0 Å². The summed E-state index contributed by atoms with van der Waals surface area (Å²) in [7, 11) is 0. The zero-order chi connectivity index (χ0) is 14.8. The highest BCUT2D eigenvalue weighted by atomic mass is 19.4. The van der Waals surface area contributed by atoms with Crippen molar-refractivity contribution in [2.45, 2.75) is 56.3 Å². The summed E-state index contributed by atoms with van der Waals surface area (Å²) in [5.41, 5.74) is 4.62.